The molecule has 0 unspecified atom stereocenters. The number of thiophene rings is 1. The Kier molecular flexibility index (Phi) is 5.27. The van der Waals surface area contributed by atoms with Crippen LogP contribution in [0.1, 0.15) is 0 Å². The second-order valence-corrected chi connectivity index (χ2v) is 8.16. The maximum atomic E-state index is 12.0. The van der Waals surface area contributed by atoms with Crippen molar-refractivity contribution in [3.05, 3.63) is 14.7 Å². The Bertz CT molecular complexity index is 597. The Morgan fingerprint density at radius 3 is 2.60 bits per heavy atom. The maximum absolute atomic E-state index is 12.0. The van der Waals surface area contributed by atoms with E-state index in [0.29, 0.717) is 26.2 Å². The quantitative estimate of drug-likeness (QED) is 0.833. The van der Waals surface area contributed by atoms with Gasteiger partial charge in [-0.05, 0) is 6.07 Å². The van der Waals surface area contributed by atoms with Crippen molar-refractivity contribution in [2.45, 2.75) is 4.90 Å². The van der Waals surface area contributed by atoms with Gasteiger partial charge in [-0.2, -0.15) is 0 Å². The van der Waals surface area contributed by atoms with Crippen molar-refractivity contribution in [3.8, 4) is 0 Å². The van der Waals surface area contributed by atoms with E-state index in [1.54, 1.807) is 4.90 Å². The van der Waals surface area contributed by atoms with E-state index in [1.807, 2.05) is 0 Å². The molecular weight excluding hydrogens is 345 g/mol. The molecular formula is C10H13Cl2N3O3S2. The minimum Gasteiger partial charge on any atom is -0.339 e. The highest BCUT2D eigenvalue weighted by Gasteiger charge is 2.23. The van der Waals surface area contributed by atoms with Gasteiger partial charge < -0.3 is 10.2 Å². The van der Waals surface area contributed by atoms with Gasteiger partial charge >= 0.3 is 0 Å². The number of sulfonamides is 1. The molecule has 1 aromatic rings. The third-order valence-corrected chi connectivity index (χ3v) is 5.95. The number of halogens is 2. The molecule has 1 aliphatic heterocycles. The zero-order chi connectivity index (χ0) is 14.8. The average Bonchev–Trinajstić information content (AvgIpc) is 2.77. The van der Waals surface area contributed by atoms with Crippen molar-refractivity contribution in [1.29, 1.82) is 0 Å². The molecule has 20 heavy (non-hydrogen) atoms. The molecule has 0 saturated carbocycles. The number of hydrogen-bond donors (Lipinski definition) is 2. The minimum absolute atomic E-state index is 0.0807. The molecule has 10 heteroatoms. The second kappa shape index (κ2) is 6.59. The summed E-state index contributed by atoms with van der Waals surface area (Å²) in [5, 5.41) is 3.11. The van der Waals surface area contributed by atoms with Crippen LogP contribution in [-0.2, 0) is 14.8 Å². The zero-order valence-corrected chi connectivity index (χ0v) is 13.5. The summed E-state index contributed by atoms with van der Waals surface area (Å²) in [5.41, 5.74) is 0. The molecule has 0 spiro atoms. The first-order valence-corrected chi connectivity index (χ1v) is 8.89. The zero-order valence-electron chi connectivity index (χ0n) is 10.4. The van der Waals surface area contributed by atoms with Crippen LogP contribution >= 0.6 is 34.5 Å². The van der Waals surface area contributed by atoms with Crippen LogP contribution in [0.5, 0.6) is 0 Å². The van der Waals surface area contributed by atoms with E-state index in [2.05, 4.69) is 10.0 Å². The van der Waals surface area contributed by atoms with Crippen LogP contribution in [0.2, 0.25) is 8.67 Å². The molecule has 0 atom stereocenters. The van der Waals surface area contributed by atoms with Crippen molar-refractivity contribution in [3.63, 3.8) is 0 Å². The largest absolute Gasteiger partial charge is 0.339 e. The molecule has 0 aliphatic carbocycles. The highest BCUT2D eigenvalue weighted by molar-refractivity contribution is 7.89. The topological polar surface area (TPSA) is 78.5 Å². The van der Waals surface area contributed by atoms with Crippen LogP contribution in [0.4, 0.5) is 0 Å². The van der Waals surface area contributed by atoms with Crippen LogP contribution in [0.15, 0.2) is 11.0 Å². The molecule has 1 amide bonds. The number of nitrogens with zero attached hydrogens (tertiary/aromatic N) is 1. The molecule has 1 saturated heterocycles. The predicted molar refractivity (Wildman–Crippen MR) is 79.0 cm³/mol. The molecule has 112 valence electrons. The third kappa shape index (κ3) is 3.84. The Balaban J connectivity index is 1.98. The van der Waals surface area contributed by atoms with Gasteiger partial charge in [-0.1, -0.05) is 23.2 Å². The minimum atomic E-state index is -3.82. The highest BCUT2D eigenvalue weighted by Crippen LogP contribution is 2.33. The first-order chi connectivity index (χ1) is 9.40. The monoisotopic (exact) mass is 357 g/mol. The smallest absolute Gasteiger partial charge is 0.243 e. The maximum Gasteiger partial charge on any atom is 0.243 e. The molecule has 0 bridgehead atoms. The van der Waals surface area contributed by atoms with Crippen LogP contribution in [0.3, 0.4) is 0 Å². The molecule has 6 nitrogen and oxygen atoms in total. The lowest BCUT2D eigenvalue weighted by Crippen LogP contribution is -2.49. The molecule has 2 N–H and O–H groups in total. The first-order valence-electron chi connectivity index (χ1n) is 5.83. The van der Waals surface area contributed by atoms with Crippen molar-refractivity contribution < 1.29 is 13.2 Å². The Morgan fingerprint density at radius 1 is 1.40 bits per heavy atom. The van der Waals surface area contributed by atoms with Crippen molar-refractivity contribution >= 4 is 50.5 Å². The fourth-order valence-electron chi connectivity index (χ4n) is 1.77. The van der Waals surface area contributed by atoms with Crippen molar-refractivity contribution in [2.24, 2.45) is 0 Å². The summed E-state index contributed by atoms with van der Waals surface area (Å²) in [4.78, 5) is 13.4. The molecule has 2 heterocycles. The van der Waals surface area contributed by atoms with Crippen LogP contribution in [0.25, 0.3) is 0 Å². The third-order valence-electron chi connectivity index (χ3n) is 2.80. The van der Waals surface area contributed by atoms with Gasteiger partial charge in [0.1, 0.15) is 9.23 Å². The van der Waals surface area contributed by atoms with Gasteiger partial charge in [0.25, 0.3) is 0 Å². The summed E-state index contributed by atoms with van der Waals surface area (Å²) in [5.74, 6) is -0.257. The molecule has 1 aromatic heterocycles. The number of hydrogen-bond acceptors (Lipinski definition) is 5. The van der Waals surface area contributed by atoms with Gasteiger partial charge in [0.15, 0.2) is 0 Å². The molecule has 0 radical (unpaired) electrons. The summed E-state index contributed by atoms with van der Waals surface area (Å²) in [6, 6.07) is 1.27. The van der Waals surface area contributed by atoms with Crippen molar-refractivity contribution in [2.75, 3.05) is 32.7 Å². The van der Waals surface area contributed by atoms with E-state index < -0.39 is 10.0 Å². The first kappa shape index (κ1) is 16.0. The molecule has 1 aliphatic rings. The fraction of sp³-hybridized carbons (Fsp3) is 0.500. The Morgan fingerprint density at radius 2 is 2.05 bits per heavy atom. The predicted octanol–water partition coefficient (Wildman–Crippen LogP) is 0.765. The number of rotatable bonds is 4. The van der Waals surface area contributed by atoms with Crippen LogP contribution < -0.4 is 10.0 Å². The van der Waals surface area contributed by atoms with Crippen LogP contribution in [0, 0.1) is 0 Å². The standard InChI is InChI=1S/C10H13Cl2N3O3S2/c11-8-5-7(10(12)19-8)20(17,18)14-6-9(16)15-3-1-13-2-4-15/h5,13-14H,1-4,6H2. The molecule has 1 fully saturated rings. The van der Waals surface area contributed by atoms with Gasteiger partial charge in [-0.15, -0.1) is 11.3 Å². The van der Waals surface area contributed by atoms with Gasteiger partial charge in [0.05, 0.1) is 10.9 Å². The number of carbonyl (C=O) groups is 1. The lowest BCUT2D eigenvalue weighted by molar-refractivity contribution is -0.130. The van der Waals surface area contributed by atoms with E-state index in [-0.39, 0.29) is 26.0 Å². The number of amides is 1. The summed E-state index contributed by atoms with van der Waals surface area (Å²) >= 11 is 12.5. The SMILES string of the molecule is O=C(CNS(=O)(=O)c1cc(Cl)sc1Cl)N1CCNCC1. The number of carbonyl (C=O) groups excluding carboxylic acids is 1. The lowest BCUT2D eigenvalue weighted by atomic mass is 10.3. The van der Waals surface area contributed by atoms with E-state index in [4.69, 9.17) is 23.2 Å². The summed E-state index contributed by atoms with van der Waals surface area (Å²) in [7, 11) is -3.82. The summed E-state index contributed by atoms with van der Waals surface area (Å²) < 4.78 is 26.7. The van der Waals surface area contributed by atoms with Gasteiger partial charge in [-0.25, -0.2) is 13.1 Å². The normalized spacial score (nSPS) is 16.4. The summed E-state index contributed by atoms with van der Waals surface area (Å²) in [6.07, 6.45) is 0. The lowest BCUT2D eigenvalue weighted by Gasteiger charge is -2.27. The number of piperazine rings is 1. The molecule has 2 rings (SSSR count). The Labute approximate surface area is 131 Å². The average molecular weight is 358 g/mol. The van der Waals surface area contributed by atoms with Crippen molar-refractivity contribution in [1.82, 2.24) is 14.9 Å². The second-order valence-electron chi connectivity index (χ2n) is 4.14. The molecule has 0 aromatic carbocycles. The van der Waals surface area contributed by atoms with Gasteiger partial charge in [0, 0.05) is 26.2 Å². The highest BCUT2D eigenvalue weighted by atomic mass is 35.5. The summed E-state index contributed by atoms with van der Waals surface area (Å²) in [6.45, 7) is 2.29. The van der Waals surface area contributed by atoms with Gasteiger partial charge in [0.2, 0.25) is 15.9 Å². The van der Waals surface area contributed by atoms with E-state index >= 15 is 0 Å². The van der Waals surface area contributed by atoms with Crippen LogP contribution in [-0.4, -0.2) is 51.9 Å². The van der Waals surface area contributed by atoms with E-state index in [1.165, 1.54) is 6.07 Å². The van der Waals surface area contributed by atoms with Gasteiger partial charge in [-0.3, -0.25) is 4.79 Å². The van der Waals surface area contributed by atoms with E-state index in [0.717, 1.165) is 11.3 Å². The van der Waals surface area contributed by atoms with E-state index in [9.17, 15) is 13.2 Å². The number of nitrogens with one attached hydrogen (secondary N) is 2. The fourth-order valence-corrected chi connectivity index (χ4v) is 4.89. The Hall–Kier alpha value is -0.380.